The number of hydrogen-bond donors (Lipinski definition) is 0. The highest BCUT2D eigenvalue weighted by molar-refractivity contribution is 7.98. The minimum absolute atomic E-state index is 0.266. The van der Waals surface area contributed by atoms with Crippen LogP contribution in [0.3, 0.4) is 0 Å². The third-order valence-corrected chi connectivity index (χ3v) is 5.76. The van der Waals surface area contributed by atoms with Crippen molar-refractivity contribution in [1.29, 1.82) is 0 Å². The van der Waals surface area contributed by atoms with Crippen molar-refractivity contribution < 1.29 is 9.47 Å². The first-order valence-corrected chi connectivity index (χ1v) is 10.6. The second kappa shape index (κ2) is 10.1. The van der Waals surface area contributed by atoms with Crippen molar-refractivity contribution in [2.75, 3.05) is 7.11 Å². The van der Waals surface area contributed by atoms with Gasteiger partial charge in [0, 0.05) is 22.3 Å². The zero-order valence-electron chi connectivity index (χ0n) is 16.2. The van der Waals surface area contributed by atoms with E-state index in [1.165, 1.54) is 0 Å². The minimum atomic E-state index is 0.266. The van der Waals surface area contributed by atoms with Gasteiger partial charge < -0.3 is 9.47 Å². The van der Waals surface area contributed by atoms with Crippen molar-refractivity contribution in [1.82, 2.24) is 14.8 Å². The van der Waals surface area contributed by atoms with Gasteiger partial charge in [0.2, 0.25) is 0 Å². The lowest BCUT2D eigenvalue weighted by Gasteiger charge is -2.12. The van der Waals surface area contributed by atoms with Gasteiger partial charge in [0.1, 0.15) is 6.61 Å². The molecule has 0 bridgehead atoms. The van der Waals surface area contributed by atoms with Crippen LogP contribution in [0.1, 0.15) is 17.0 Å². The number of halogens is 2. The zero-order valence-corrected chi connectivity index (χ0v) is 18.5. The molecule has 152 valence electrons. The van der Waals surface area contributed by atoms with Gasteiger partial charge in [0.05, 0.1) is 7.11 Å². The molecule has 0 aliphatic carbocycles. The molecular weight excluding hydrogens is 429 g/mol. The second-order valence-electron chi connectivity index (χ2n) is 6.27. The molecule has 0 N–H and O–H groups in total. The Balaban J connectivity index is 1.73. The third kappa shape index (κ3) is 5.47. The molecule has 1 heterocycles. The highest BCUT2D eigenvalue weighted by atomic mass is 35.5. The number of ether oxygens (including phenoxy) is 2. The van der Waals surface area contributed by atoms with Crippen molar-refractivity contribution in [2.24, 2.45) is 0 Å². The maximum atomic E-state index is 6.27. The molecule has 29 heavy (non-hydrogen) atoms. The largest absolute Gasteiger partial charge is 0.493 e. The molecule has 0 aliphatic heterocycles. The van der Waals surface area contributed by atoms with Crippen LogP contribution in [0.5, 0.6) is 11.5 Å². The van der Waals surface area contributed by atoms with E-state index < -0.39 is 0 Å². The predicted octanol–water partition coefficient (Wildman–Crippen LogP) is 5.96. The van der Waals surface area contributed by atoms with Crippen LogP contribution in [0, 0.1) is 6.92 Å². The van der Waals surface area contributed by atoms with Gasteiger partial charge in [-0.05, 0) is 42.3 Å². The number of aryl methyl sites for hydroxylation is 1. The summed E-state index contributed by atoms with van der Waals surface area (Å²) in [6, 6.07) is 11.3. The van der Waals surface area contributed by atoms with E-state index >= 15 is 0 Å². The number of thioether (sulfide) groups is 1. The molecule has 0 saturated carbocycles. The Morgan fingerprint density at radius 3 is 2.69 bits per heavy atom. The smallest absolute Gasteiger partial charge is 0.191 e. The van der Waals surface area contributed by atoms with Crippen LogP contribution in [-0.4, -0.2) is 21.9 Å². The molecule has 3 aromatic rings. The molecule has 0 radical (unpaired) electrons. The summed E-state index contributed by atoms with van der Waals surface area (Å²) in [5.74, 6) is 2.70. The number of hydrogen-bond acceptors (Lipinski definition) is 5. The lowest BCUT2D eigenvalue weighted by atomic mass is 10.2. The summed E-state index contributed by atoms with van der Waals surface area (Å²) in [5.41, 5.74) is 2.08. The first kappa shape index (κ1) is 21.6. The zero-order chi connectivity index (χ0) is 20.8. The Kier molecular flexibility index (Phi) is 7.47. The molecule has 0 saturated heterocycles. The number of allylic oxidation sites excluding steroid dienone is 1. The summed E-state index contributed by atoms with van der Waals surface area (Å²) < 4.78 is 13.3. The fraction of sp³-hybridized carbons (Fsp3) is 0.238. The number of methoxy groups -OCH3 is 1. The van der Waals surface area contributed by atoms with E-state index in [-0.39, 0.29) is 6.61 Å². The van der Waals surface area contributed by atoms with Crippen molar-refractivity contribution in [3.05, 3.63) is 76.0 Å². The van der Waals surface area contributed by atoms with E-state index in [9.17, 15) is 0 Å². The van der Waals surface area contributed by atoms with Crippen LogP contribution < -0.4 is 9.47 Å². The molecular formula is C21H21Cl2N3O2S. The number of aromatic nitrogens is 3. The lowest BCUT2D eigenvalue weighted by molar-refractivity contribution is 0.271. The van der Waals surface area contributed by atoms with Crippen LogP contribution in [-0.2, 0) is 18.9 Å². The molecule has 0 atom stereocenters. The Bertz CT molecular complexity index is 1010. The first-order chi connectivity index (χ1) is 14.0. The van der Waals surface area contributed by atoms with Gasteiger partial charge in [-0.15, -0.1) is 16.8 Å². The maximum Gasteiger partial charge on any atom is 0.191 e. The molecule has 0 fully saturated rings. The molecule has 3 rings (SSSR count). The average Bonchev–Trinajstić information content (AvgIpc) is 3.08. The van der Waals surface area contributed by atoms with Crippen LogP contribution in [0.4, 0.5) is 0 Å². The van der Waals surface area contributed by atoms with Crippen molar-refractivity contribution in [2.45, 2.75) is 31.0 Å². The fourth-order valence-corrected chi connectivity index (χ4v) is 4.19. The van der Waals surface area contributed by atoms with Gasteiger partial charge in [0.15, 0.2) is 22.5 Å². The summed E-state index contributed by atoms with van der Waals surface area (Å²) in [6.07, 6.45) is 1.80. The van der Waals surface area contributed by atoms with Gasteiger partial charge >= 0.3 is 0 Å². The molecule has 1 aromatic heterocycles. The van der Waals surface area contributed by atoms with Crippen molar-refractivity contribution in [3.63, 3.8) is 0 Å². The number of benzene rings is 2. The molecule has 2 aromatic carbocycles. The molecule has 8 heteroatoms. The van der Waals surface area contributed by atoms with E-state index in [0.29, 0.717) is 39.7 Å². The van der Waals surface area contributed by atoms with Crippen LogP contribution in [0.15, 0.2) is 54.2 Å². The summed E-state index contributed by atoms with van der Waals surface area (Å²) >= 11 is 13.8. The SMILES string of the molecule is C=CCn1c(COc2ccc(C)cc2OC)nnc1SCc1ccc(Cl)cc1Cl. The topological polar surface area (TPSA) is 49.2 Å². The highest BCUT2D eigenvalue weighted by Crippen LogP contribution is 2.30. The Hall–Kier alpha value is -2.15. The quantitative estimate of drug-likeness (QED) is 0.297. The van der Waals surface area contributed by atoms with Gasteiger partial charge in [0.25, 0.3) is 0 Å². The van der Waals surface area contributed by atoms with E-state index in [1.54, 1.807) is 31.0 Å². The number of nitrogens with zero attached hydrogens (tertiary/aromatic N) is 3. The van der Waals surface area contributed by atoms with Crippen LogP contribution in [0.25, 0.3) is 0 Å². The van der Waals surface area contributed by atoms with Crippen LogP contribution >= 0.6 is 35.0 Å². The van der Waals surface area contributed by atoms with Crippen molar-refractivity contribution >= 4 is 35.0 Å². The fourth-order valence-electron chi connectivity index (χ4n) is 2.66. The summed E-state index contributed by atoms with van der Waals surface area (Å²) in [7, 11) is 1.62. The molecule has 0 amide bonds. The van der Waals surface area contributed by atoms with E-state index in [2.05, 4.69) is 16.8 Å². The predicted molar refractivity (Wildman–Crippen MR) is 118 cm³/mol. The number of rotatable bonds is 9. The Labute approximate surface area is 184 Å². The van der Waals surface area contributed by atoms with Crippen LogP contribution in [0.2, 0.25) is 10.0 Å². The standard InChI is InChI=1S/C21H21Cl2N3O2S/c1-4-9-26-20(12-28-18-8-5-14(2)10-19(18)27-3)24-25-21(26)29-13-15-6-7-16(22)11-17(15)23/h4-8,10-11H,1,9,12-13H2,2-3H3. The van der Waals surface area contributed by atoms with Gasteiger partial charge in [-0.1, -0.05) is 53.2 Å². The Morgan fingerprint density at radius 2 is 1.97 bits per heavy atom. The second-order valence-corrected chi connectivity index (χ2v) is 8.05. The van der Waals surface area contributed by atoms with E-state index in [1.807, 2.05) is 41.8 Å². The van der Waals surface area contributed by atoms with Crippen molar-refractivity contribution in [3.8, 4) is 11.5 Å². The summed E-state index contributed by atoms with van der Waals surface area (Å²) in [4.78, 5) is 0. The summed E-state index contributed by atoms with van der Waals surface area (Å²) in [5, 5.41) is 10.6. The molecule has 0 aliphatic rings. The third-order valence-electron chi connectivity index (χ3n) is 4.15. The lowest BCUT2D eigenvalue weighted by Crippen LogP contribution is -2.08. The Morgan fingerprint density at radius 1 is 1.14 bits per heavy atom. The maximum absolute atomic E-state index is 6.27. The molecule has 5 nitrogen and oxygen atoms in total. The first-order valence-electron chi connectivity index (χ1n) is 8.89. The summed E-state index contributed by atoms with van der Waals surface area (Å²) in [6.45, 7) is 6.68. The van der Waals surface area contributed by atoms with Gasteiger partial charge in [-0.25, -0.2) is 0 Å². The minimum Gasteiger partial charge on any atom is -0.493 e. The van der Waals surface area contributed by atoms with E-state index in [4.69, 9.17) is 32.7 Å². The molecule has 0 unspecified atom stereocenters. The van der Waals surface area contributed by atoms with E-state index in [0.717, 1.165) is 16.3 Å². The normalized spacial score (nSPS) is 10.8. The average molecular weight is 450 g/mol. The monoisotopic (exact) mass is 449 g/mol. The highest BCUT2D eigenvalue weighted by Gasteiger charge is 2.14. The molecule has 0 spiro atoms. The van der Waals surface area contributed by atoms with Gasteiger partial charge in [-0.3, -0.25) is 4.57 Å². The van der Waals surface area contributed by atoms with Gasteiger partial charge in [-0.2, -0.15) is 0 Å².